The summed E-state index contributed by atoms with van der Waals surface area (Å²) in [5.41, 5.74) is 0.570. The van der Waals surface area contributed by atoms with Crippen LogP contribution in [0.5, 0.6) is 0 Å². The fourth-order valence-corrected chi connectivity index (χ4v) is 3.91. The lowest BCUT2D eigenvalue weighted by Gasteiger charge is -2.09. The predicted molar refractivity (Wildman–Crippen MR) is 127 cm³/mol. The van der Waals surface area contributed by atoms with Crippen LogP contribution in [-0.4, -0.2) is 37.3 Å². The lowest BCUT2D eigenvalue weighted by Crippen LogP contribution is -2.18. The minimum absolute atomic E-state index is 0.000483. The molecule has 3 rings (SSSR count). The van der Waals surface area contributed by atoms with Crippen molar-refractivity contribution in [2.75, 3.05) is 16.4 Å². The zero-order chi connectivity index (χ0) is 24.0. The molecule has 0 aliphatic rings. The molecule has 1 aromatic heterocycles. The molecule has 2 aromatic carbocycles. The Morgan fingerprint density at radius 2 is 1.82 bits per heavy atom. The number of non-ortho nitro benzene ring substituents is 1. The summed E-state index contributed by atoms with van der Waals surface area (Å²) in [6.45, 7) is 2.37. The van der Waals surface area contributed by atoms with E-state index in [1.807, 2.05) is 6.92 Å². The lowest BCUT2D eigenvalue weighted by molar-refractivity contribution is -0.384. The van der Waals surface area contributed by atoms with Crippen LogP contribution in [0.1, 0.15) is 12.7 Å². The number of nitrogens with one attached hydrogen (secondary N) is 2. The number of aromatic nitrogens is 3. The van der Waals surface area contributed by atoms with E-state index in [9.17, 15) is 19.7 Å². The summed E-state index contributed by atoms with van der Waals surface area (Å²) < 4.78 is 1.74. The predicted octanol–water partition coefficient (Wildman–Crippen LogP) is 4.43. The van der Waals surface area contributed by atoms with Gasteiger partial charge in [-0.2, -0.15) is 0 Å². The third-order valence-corrected chi connectivity index (χ3v) is 5.87. The van der Waals surface area contributed by atoms with E-state index in [-0.39, 0.29) is 34.5 Å². The highest BCUT2D eigenvalue weighted by Gasteiger charge is 2.17. The van der Waals surface area contributed by atoms with Gasteiger partial charge in [-0.05, 0) is 37.3 Å². The van der Waals surface area contributed by atoms with Gasteiger partial charge in [0.25, 0.3) is 5.69 Å². The van der Waals surface area contributed by atoms with E-state index >= 15 is 0 Å². The van der Waals surface area contributed by atoms with E-state index in [0.717, 1.165) is 11.8 Å². The molecule has 33 heavy (non-hydrogen) atoms. The highest BCUT2D eigenvalue weighted by Crippen LogP contribution is 2.27. The Kier molecular flexibility index (Phi) is 8.26. The Labute approximate surface area is 202 Å². The number of anilines is 2. The van der Waals surface area contributed by atoms with Crippen LogP contribution in [-0.2, 0) is 22.6 Å². The lowest BCUT2D eigenvalue weighted by atomic mass is 10.3. The fourth-order valence-electron chi connectivity index (χ4n) is 2.80. The van der Waals surface area contributed by atoms with Gasteiger partial charge in [-0.3, -0.25) is 19.7 Å². The maximum absolute atomic E-state index is 12.4. The van der Waals surface area contributed by atoms with Crippen molar-refractivity contribution in [2.45, 2.75) is 25.0 Å². The number of thioether (sulfide) groups is 1. The first-order chi connectivity index (χ1) is 15.8. The second kappa shape index (κ2) is 11.1. The van der Waals surface area contributed by atoms with Gasteiger partial charge in [0.1, 0.15) is 5.82 Å². The van der Waals surface area contributed by atoms with Gasteiger partial charge in [0, 0.05) is 29.4 Å². The van der Waals surface area contributed by atoms with Crippen LogP contribution in [0.25, 0.3) is 0 Å². The molecule has 2 amide bonds. The van der Waals surface area contributed by atoms with Crippen molar-refractivity contribution in [1.82, 2.24) is 14.8 Å². The summed E-state index contributed by atoms with van der Waals surface area (Å²) in [7, 11) is 0. The zero-order valence-electron chi connectivity index (χ0n) is 17.2. The Hall–Kier alpha value is -3.15. The summed E-state index contributed by atoms with van der Waals surface area (Å²) in [4.78, 5) is 35.0. The van der Waals surface area contributed by atoms with Crippen molar-refractivity contribution in [2.24, 2.45) is 0 Å². The largest absolute Gasteiger partial charge is 0.326 e. The minimum atomic E-state index is -0.574. The average molecular weight is 509 g/mol. The second-order valence-electron chi connectivity index (χ2n) is 6.63. The smallest absolute Gasteiger partial charge is 0.271 e. The molecule has 2 N–H and O–H groups in total. The Morgan fingerprint density at radius 1 is 1.09 bits per heavy atom. The van der Waals surface area contributed by atoms with Crippen molar-refractivity contribution < 1.29 is 14.5 Å². The maximum atomic E-state index is 12.4. The molecular formula is C20H18Cl2N6O4S. The molecule has 0 saturated heterocycles. The van der Waals surface area contributed by atoms with E-state index in [0.29, 0.717) is 28.2 Å². The summed E-state index contributed by atoms with van der Waals surface area (Å²) in [6.07, 6.45) is -0.000483. The number of halogens is 2. The summed E-state index contributed by atoms with van der Waals surface area (Å²) in [5.74, 6) is -0.272. The molecule has 1 heterocycles. The van der Waals surface area contributed by atoms with Gasteiger partial charge < -0.3 is 15.2 Å². The van der Waals surface area contributed by atoms with Crippen molar-refractivity contribution in [1.29, 1.82) is 0 Å². The molecule has 13 heteroatoms. The van der Waals surface area contributed by atoms with Crippen molar-refractivity contribution in [3.8, 4) is 0 Å². The molecule has 0 saturated carbocycles. The van der Waals surface area contributed by atoms with Gasteiger partial charge in [-0.25, -0.2) is 0 Å². The Bertz CT molecular complexity index is 1190. The van der Waals surface area contributed by atoms with E-state index in [2.05, 4.69) is 20.8 Å². The van der Waals surface area contributed by atoms with Crippen LogP contribution in [0.2, 0.25) is 10.0 Å². The number of benzene rings is 2. The van der Waals surface area contributed by atoms with Gasteiger partial charge >= 0.3 is 0 Å². The first-order valence-corrected chi connectivity index (χ1v) is 11.3. The average Bonchev–Trinajstić information content (AvgIpc) is 3.16. The molecule has 10 nitrogen and oxygen atoms in total. The molecular weight excluding hydrogens is 491 g/mol. The molecule has 0 bridgehead atoms. The van der Waals surface area contributed by atoms with Crippen molar-refractivity contribution >= 4 is 63.8 Å². The number of hydrogen-bond donors (Lipinski definition) is 2. The number of amides is 2. The van der Waals surface area contributed by atoms with E-state index in [1.165, 1.54) is 18.2 Å². The fraction of sp³-hybridized carbons (Fsp3) is 0.200. The summed E-state index contributed by atoms with van der Waals surface area (Å²) in [5, 5.41) is 25.6. The number of nitrogens with zero attached hydrogens (tertiary/aromatic N) is 4. The molecule has 0 aliphatic heterocycles. The molecule has 0 unspecified atom stereocenters. The monoisotopic (exact) mass is 508 g/mol. The first kappa shape index (κ1) is 24.5. The third-order valence-electron chi connectivity index (χ3n) is 4.32. The van der Waals surface area contributed by atoms with Crippen molar-refractivity contribution in [3.05, 3.63) is 68.4 Å². The number of carbonyl (C=O) groups excluding carboxylic acids is 2. The number of carbonyl (C=O) groups is 2. The maximum Gasteiger partial charge on any atom is 0.271 e. The minimum Gasteiger partial charge on any atom is -0.326 e. The van der Waals surface area contributed by atoms with Crippen LogP contribution in [0, 0.1) is 10.1 Å². The van der Waals surface area contributed by atoms with Crippen LogP contribution in [0.15, 0.2) is 47.6 Å². The molecule has 0 radical (unpaired) electrons. The SMILES string of the molecule is CCn1c(CC(=O)Nc2ccc(Cl)cc2)nnc1SCC(=O)Nc1cc([N+](=O)[O-])ccc1Cl. The topological polar surface area (TPSA) is 132 Å². The summed E-state index contributed by atoms with van der Waals surface area (Å²) >= 11 is 13.0. The van der Waals surface area contributed by atoms with Crippen LogP contribution < -0.4 is 10.6 Å². The van der Waals surface area contributed by atoms with Gasteiger partial charge in [0.2, 0.25) is 11.8 Å². The number of nitro benzene ring substituents is 1. The molecule has 3 aromatic rings. The molecule has 172 valence electrons. The van der Waals surface area contributed by atoms with E-state index < -0.39 is 10.8 Å². The van der Waals surface area contributed by atoms with Crippen molar-refractivity contribution in [3.63, 3.8) is 0 Å². The number of nitro groups is 1. The van der Waals surface area contributed by atoms with Crippen LogP contribution in [0.3, 0.4) is 0 Å². The number of rotatable bonds is 9. The Morgan fingerprint density at radius 3 is 2.48 bits per heavy atom. The van der Waals surface area contributed by atoms with Gasteiger partial charge in [-0.1, -0.05) is 35.0 Å². The number of hydrogen-bond acceptors (Lipinski definition) is 7. The van der Waals surface area contributed by atoms with Gasteiger partial charge in [0.15, 0.2) is 5.16 Å². The van der Waals surface area contributed by atoms with Crippen LogP contribution in [0.4, 0.5) is 17.1 Å². The highest BCUT2D eigenvalue weighted by atomic mass is 35.5. The third kappa shape index (κ3) is 6.67. The first-order valence-electron chi connectivity index (χ1n) is 9.61. The van der Waals surface area contributed by atoms with Gasteiger partial charge in [-0.15, -0.1) is 10.2 Å². The normalized spacial score (nSPS) is 10.6. The molecule has 0 fully saturated rings. The molecule has 0 spiro atoms. The van der Waals surface area contributed by atoms with Crippen LogP contribution >= 0.6 is 35.0 Å². The van der Waals surface area contributed by atoms with E-state index in [4.69, 9.17) is 23.2 Å². The quantitative estimate of drug-likeness (QED) is 0.248. The molecule has 0 aliphatic carbocycles. The second-order valence-corrected chi connectivity index (χ2v) is 8.42. The zero-order valence-corrected chi connectivity index (χ0v) is 19.6. The van der Waals surface area contributed by atoms with E-state index in [1.54, 1.807) is 28.8 Å². The molecule has 0 atom stereocenters. The van der Waals surface area contributed by atoms with Gasteiger partial charge in [0.05, 0.1) is 27.8 Å². The highest BCUT2D eigenvalue weighted by molar-refractivity contribution is 7.99. The summed E-state index contributed by atoms with van der Waals surface area (Å²) in [6, 6.07) is 10.5. The standard InChI is InChI=1S/C20H18Cl2N6O4S/c1-2-27-17(10-18(29)23-13-5-3-12(21)4-6-13)25-26-20(27)33-11-19(30)24-16-9-14(28(31)32)7-8-15(16)22/h3-9H,2,10-11H2,1H3,(H,23,29)(H,24,30). The Balaban J connectivity index is 1.60.